The SMILES string of the molecule is C=C1CCC2C3C(CC[C@]12C)[C@@]1(C)CC[C@H](O)CC1C[C@@H]3O. The predicted octanol–water partition coefficient (Wildman–Crippen LogP) is 3.92. The first-order chi connectivity index (χ1) is 10.4. The van der Waals surface area contributed by atoms with Crippen LogP contribution in [0.4, 0.5) is 0 Å². The van der Waals surface area contributed by atoms with Crippen molar-refractivity contribution >= 4 is 0 Å². The van der Waals surface area contributed by atoms with Gasteiger partial charge in [0.25, 0.3) is 0 Å². The van der Waals surface area contributed by atoms with E-state index in [0.717, 1.165) is 32.1 Å². The lowest BCUT2D eigenvalue weighted by Crippen LogP contribution is -2.58. The molecule has 0 aromatic rings. The van der Waals surface area contributed by atoms with Gasteiger partial charge in [0.2, 0.25) is 0 Å². The third-order valence-electron chi connectivity index (χ3n) is 8.61. The normalized spacial score (nSPS) is 57.9. The Hall–Kier alpha value is -0.340. The van der Waals surface area contributed by atoms with Crippen molar-refractivity contribution in [2.45, 2.75) is 77.4 Å². The minimum atomic E-state index is -0.163. The summed E-state index contributed by atoms with van der Waals surface area (Å²) in [4.78, 5) is 0. The van der Waals surface area contributed by atoms with Gasteiger partial charge in [0.1, 0.15) is 0 Å². The van der Waals surface area contributed by atoms with E-state index in [0.29, 0.717) is 29.1 Å². The molecule has 2 N–H and O–H groups in total. The van der Waals surface area contributed by atoms with Crippen molar-refractivity contribution in [1.29, 1.82) is 0 Å². The highest BCUT2D eigenvalue weighted by molar-refractivity contribution is 5.22. The monoisotopic (exact) mass is 304 g/mol. The molecule has 0 amide bonds. The van der Waals surface area contributed by atoms with Crippen LogP contribution < -0.4 is 0 Å². The zero-order valence-corrected chi connectivity index (χ0v) is 14.2. The molecule has 0 aromatic heterocycles. The van der Waals surface area contributed by atoms with Gasteiger partial charge in [-0.1, -0.05) is 26.0 Å². The van der Waals surface area contributed by atoms with Gasteiger partial charge in [-0.3, -0.25) is 0 Å². The van der Waals surface area contributed by atoms with E-state index >= 15 is 0 Å². The molecule has 124 valence electrons. The lowest BCUT2D eigenvalue weighted by Gasteiger charge is -2.61. The van der Waals surface area contributed by atoms with Crippen molar-refractivity contribution in [2.75, 3.05) is 0 Å². The van der Waals surface area contributed by atoms with Crippen LogP contribution in [0.15, 0.2) is 12.2 Å². The fourth-order valence-corrected chi connectivity index (χ4v) is 7.11. The first kappa shape index (κ1) is 15.2. The second kappa shape index (κ2) is 4.83. The number of allylic oxidation sites excluding steroid dienone is 1. The third kappa shape index (κ3) is 1.86. The summed E-state index contributed by atoms with van der Waals surface area (Å²) in [7, 11) is 0. The van der Waals surface area contributed by atoms with Gasteiger partial charge in [-0.25, -0.2) is 0 Å². The zero-order valence-electron chi connectivity index (χ0n) is 14.2. The van der Waals surface area contributed by atoms with E-state index in [-0.39, 0.29) is 17.6 Å². The molecule has 4 aliphatic rings. The molecule has 0 bridgehead atoms. The Bertz CT molecular complexity index is 486. The van der Waals surface area contributed by atoms with Gasteiger partial charge in [-0.05, 0) is 85.9 Å². The lowest BCUT2D eigenvalue weighted by atomic mass is 9.44. The number of hydrogen-bond acceptors (Lipinski definition) is 2. The minimum Gasteiger partial charge on any atom is -0.393 e. The number of hydrogen-bond donors (Lipinski definition) is 2. The summed E-state index contributed by atoms with van der Waals surface area (Å²) >= 11 is 0. The fraction of sp³-hybridized carbons (Fsp3) is 0.900. The number of fused-ring (bicyclic) bond motifs is 5. The second-order valence-corrected chi connectivity index (χ2v) is 9.32. The van der Waals surface area contributed by atoms with Gasteiger partial charge in [-0.2, -0.15) is 0 Å². The average Bonchev–Trinajstić information content (AvgIpc) is 2.77. The summed E-state index contributed by atoms with van der Waals surface area (Å²) in [6.45, 7) is 9.25. The smallest absolute Gasteiger partial charge is 0.0577 e. The summed E-state index contributed by atoms with van der Waals surface area (Å²) in [5.74, 6) is 2.27. The quantitative estimate of drug-likeness (QED) is 0.666. The molecule has 0 aliphatic heterocycles. The van der Waals surface area contributed by atoms with Crippen molar-refractivity contribution in [1.82, 2.24) is 0 Å². The van der Waals surface area contributed by atoms with Crippen LogP contribution in [0.25, 0.3) is 0 Å². The maximum Gasteiger partial charge on any atom is 0.0577 e. The molecule has 8 atom stereocenters. The average molecular weight is 304 g/mol. The highest BCUT2D eigenvalue weighted by atomic mass is 16.3. The van der Waals surface area contributed by atoms with Crippen molar-refractivity contribution in [2.24, 2.45) is 34.5 Å². The van der Waals surface area contributed by atoms with Crippen LogP contribution >= 0.6 is 0 Å². The summed E-state index contributed by atoms with van der Waals surface area (Å²) in [6.07, 6.45) is 8.53. The molecule has 4 rings (SSSR count). The van der Waals surface area contributed by atoms with Crippen LogP contribution in [0.5, 0.6) is 0 Å². The van der Waals surface area contributed by atoms with E-state index in [9.17, 15) is 10.2 Å². The van der Waals surface area contributed by atoms with Crippen molar-refractivity contribution in [3.63, 3.8) is 0 Å². The van der Waals surface area contributed by atoms with Gasteiger partial charge in [0, 0.05) is 0 Å². The van der Waals surface area contributed by atoms with E-state index in [1.165, 1.54) is 24.8 Å². The Labute approximate surface area is 135 Å². The van der Waals surface area contributed by atoms with E-state index in [1.807, 2.05) is 0 Å². The summed E-state index contributed by atoms with van der Waals surface area (Å²) in [5, 5.41) is 21.1. The highest BCUT2D eigenvalue weighted by Crippen LogP contribution is 2.67. The summed E-state index contributed by atoms with van der Waals surface area (Å²) in [6, 6.07) is 0. The second-order valence-electron chi connectivity index (χ2n) is 9.32. The minimum absolute atomic E-state index is 0.137. The van der Waals surface area contributed by atoms with Crippen LogP contribution in [-0.4, -0.2) is 22.4 Å². The van der Waals surface area contributed by atoms with Crippen molar-refractivity contribution < 1.29 is 10.2 Å². The van der Waals surface area contributed by atoms with Gasteiger partial charge in [0.05, 0.1) is 12.2 Å². The molecule has 0 spiro atoms. The van der Waals surface area contributed by atoms with Crippen LogP contribution in [0.2, 0.25) is 0 Å². The third-order valence-corrected chi connectivity index (χ3v) is 8.61. The fourth-order valence-electron chi connectivity index (χ4n) is 7.11. The van der Waals surface area contributed by atoms with Crippen LogP contribution in [0.1, 0.15) is 65.2 Å². The zero-order chi connectivity index (χ0) is 15.7. The first-order valence-electron chi connectivity index (χ1n) is 9.40. The largest absolute Gasteiger partial charge is 0.393 e. The highest BCUT2D eigenvalue weighted by Gasteiger charge is 2.61. The van der Waals surface area contributed by atoms with Crippen LogP contribution in [0.3, 0.4) is 0 Å². The molecule has 0 radical (unpaired) electrons. The Balaban J connectivity index is 1.69. The van der Waals surface area contributed by atoms with Gasteiger partial charge < -0.3 is 10.2 Å². The summed E-state index contributed by atoms with van der Waals surface area (Å²) < 4.78 is 0. The number of aliphatic hydroxyl groups is 2. The van der Waals surface area contributed by atoms with Crippen LogP contribution in [-0.2, 0) is 0 Å². The van der Waals surface area contributed by atoms with Crippen molar-refractivity contribution in [3.05, 3.63) is 12.2 Å². The van der Waals surface area contributed by atoms with E-state index < -0.39 is 0 Å². The van der Waals surface area contributed by atoms with Gasteiger partial charge in [0.15, 0.2) is 0 Å². The Morgan fingerprint density at radius 3 is 2.55 bits per heavy atom. The topological polar surface area (TPSA) is 40.5 Å². The predicted molar refractivity (Wildman–Crippen MR) is 88.3 cm³/mol. The molecule has 4 fully saturated rings. The Morgan fingerprint density at radius 2 is 1.77 bits per heavy atom. The Morgan fingerprint density at radius 1 is 1.00 bits per heavy atom. The first-order valence-corrected chi connectivity index (χ1v) is 9.40. The molecule has 4 saturated carbocycles. The van der Waals surface area contributed by atoms with Crippen LogP contribution in [0, 0.1) is 34.5 Å². The Kier molecular flexibility index (Phi) is 3.34. The molecule has 0 heterocycles. The number of aliphatic hydroxyl groups excluding tert-OH is 2. The molecule has 2 heteroatoms. The lowest BCUT2D eigenvalue weighted by molar-refractivity contribution is -0.164. The molecular formula is C20H32O2. The maximum atomic E-state index is 11.0. The molecule has 4 unspecified atom stereocenters. The molecule has 22 heavy (non-hydrogen) atoms. The molecule has 2 nitrogen and oxygen atoms in total. The van der Waals surface area contributed by atoms with E-state index in [1.54, 1.807) is 0 Å². The van der Waals surface area contributed by atoms with E-state index in [4.69, 9.17) is 0 Å². The van der Waals surface area contributed by atoms with Crippen molar-refractivity contribution in [3.8, 4) is 0 Å². The molecule has 0 aromatic carbocycles. The van der Waals surface area contributed by atoms with Gasteiger partial charge >= 0.3 is 0 Å². The standard InChI is InChI=1S/C20H32O2/c1-12-4-5-15-18-16(7-9-19(12,15)2)20(3)8-6-14(21)10-13(20)11-17(18)22/h13-18,21-22H,1,4-11H2,2-3H3/t13?,14-,15?,16?,17-,18?,19+,20-/m0/s1. The molecule has 0 saturated heterocycles. The van der Waals surface area contributed by atoms with Gasteiger partial charge in [-0.15, -0.1) is 0 Å². The molecular weight excluding hydrogens is 272 g/mol. The maximum absolute atomic E-state index is 11.0. The molecule has 4 aliphatic carbocycles. The van der Waals surface area contributed by atoms with E-state index in [2.05, 4.69) is 20.4 Å². The number of rotatable bonds is 0. The summed E-state index contributed by atoms with van der Waals surface area (Å²) in [5.41, 5.74) is 2.06.